The van der Waals surface area contributed by atoms with Crippen LogP contribution in [0.25, 0.3) is 0 Å². The van der Waals surface area contributed by atoms with Gasteiger partial charge in [-0.2, -0.15) is 5.10 Å². The largest absolute Gasteiger partial charge is 0.496 e. The highest BCUT2D eigenvalue weighted by atomic mass is 16.5. The van der Waals surface area contributed by atoms with E-state index in [-0.39, 0.29) is 0 Å². The number of benzene rings is 3. The number of hydrogen-bond donors (Lipinski definition) is 1. The zero-order valence-corrected chi connectivity index (χ0v) is 14.8. The van der Waals surface area contributed by atoms with E-state index in [0.717, 1.165) is 28.2 Å². The highest BCUT2D eigenvalue weighted by Gasteiger charge is 2.00. The van der Waals surface area contributed by atoms with E-state index in [2.05, 4.69) is 10.5 Å². The third kappa shape index (κ3) is 5.11. The number of ether oxygens (including phenoxy) is 2. The molecule has 0 saturated carbocycles. The molecule has 0 amide bonds. The molecule has 3 aromatic carbocycles. The highest BCUT2D eigenvalue weighted by Crippen LogP contribution is 2.17. The topological polar surface area (TPSA) is 42.8 Å². The summed E-state index contributed by atoms with van der Waals surface area (Å²) in [7, 11) is 1.67. The molecule has 0 atom stereocenters. The molecule has 0 aromatic heterocycles. The average molecular weight is 346 g/mol. The highest BCUT2D eigenvalue weighted by molar-refractivity contribution is 5.79. The van der Waals surface area contributed by atoms with Gasteiger partial charge in [0.15, 0.2) is 0 Å². The fourth-order valence-electron chi connectivity index (χ4n) is 2.53. The predicted octanol–water partition coefficient (Wildman–Crippen LogP) is 4.40. The van der Waals surface area contributed by atoms with Crippen LogP contribution in [-0.4, -0.2) is 13.3 Å². The van der Waals surface area contributed by atoms with Gasteiger partial charge in [0, 0.05) is 5.56 Å². The van der Waals surface area contributed by atoms with E-state index in [1.165, 1.54) is 0 Å². The molecule has 0 saturated heterocycles. The molecule has 3 aromatic rings. The van der Waals surface area contributed by atoms with E-state index >= 15 is 0 Å². The molecule has 4 heteroatoms. The lowest BCUT2D eigenvalue weighted by molar-refractivity contribution is 0.306. The van der Waals surface area contributed by atoms with Crippen LogP contribution in [0.1, 0.15) is 16.7 Å². The first-order valence-corrected chi connectivity index (χ1v) is 8.50. The van der Waals surface area contributed by atoms with Crippen LogP contribution in [0.2, 0.25) is 0 Å². The maximum atomic E-state index is 5.84. The molecule has 0 heterocycles. The number of rotatable bonds is 8. The Hall–Kier alpha value is -3.27. The van der Waals surface area contributed by atoms with Crippen molar-refractivity contribution < 1.29 is 9.47 Å². The molecule has 0 aliphatic carbocycles. The van der Waals surface area contributed by atoms with Crippen molar-refractivity contribution in [2.75, 3.05) is 7.11 Å². The van der Waals surface area contributed by atoms with Crippen molar-refractivity contribution in [1.29, 1.82) is 0 Å². The maximum absolute atomic E-state index is 5.84. The van der Waals surface area contributed by atoms with Gasteiger partial charge in [-0.25, -0.2) is 0 Å². The van der Waals surface area contributed by atoms with Gasteiger partial charge >= 0.3 is 0 Å². The van der Waals surface area contributed by atoms with Gasteiger partial charge in [0.1, 0.15) is 18.1 Å². The molecule has 0 fully saturated rings. The first kappa shape index (κ1) is 17.5. The molecule has 1 N–H and O–H groups in total. The van der Waals surface area contributed by atoms with E-state index in [1.807, 2.05) is 78.9 Å². The molecule has 0 spiro atoms. The van der Waals surface area contributed by atoms with Crippen molar-refractivity contribution in [2.24, 2.45) is 5.10 Å². The van der Waals surface area contributed by atoms with Gasteiger partial charge in [0.05, 0.1) is 19.9 Å². The lowest BCUT2D eigenvalue weighted by Crippen LogP contribution is -2.06. The Morgan fingerprint density at radius 2 is 1.73 bits per heavy atom. The Morgan fingerprint density at radius 1 is 0.923 bits per heavy atom. The van der Waals surface area contributed by atoms with Gasteiger partial charge in [0.25, 0.3) is 0 Å². The summed E-state index contributed by atoms with van der Waals surface area (Å²) in [6.45, 7) is 1.15. The second-order valence-electron chi connectivity index (χ2n) is 5.75. The van der Waals surface area contributed by atoms with Crippen LogP contribution in [0.5, 0.6) is 11.5 Å². The number of nitrogens with one attached hydrogen (secondary N) is 1. The van der Waals surface area contributed by atoms with Crippen LogP contribution in [-0.2, 0) is 13.2 Å². The van der Waals surface area contributed by atoms with Crippen molar-refractivity contribution >= 4 is 6.21 Å². The molecular formula is C22H22N2O2. The van der Waals surface area contributed by atoms with Crippen LogP contribution in [0.4, 0.5) is 0 Å². The smallest absolute Gasteiger partial charge is 0.123 e. The van der Waals surface area contributed by atoms with Crippen LogP contribution >= 0.6 is 0 Å². The van der Waals surface area contributed by atoms with E-state index in [4.69, 9.17) is 9.47 Å². The molecule has 0 aliphatic heterocycles. The van der Waals surface area contributed by atoms with Crippen molar-refractivity contribution in [1.82, 2.24) is 5.43 Å². The molecule has 132 valence electrons. The van der Waals surface area contributed by atoms with Gasteiger partial charge in [-0.05, 0) is 29.3 Å². The normalized spacial score (nSPS) is 10.7. The summed E-state index contributed by atoms with van der Waals surface area (Å²) in [5.41, 5.74) is 6.23. The summed E-state index contributed by atoms with van der Waals surface area (Å²) in [6.07, 6.45) is 1.78. The molecule has 0 unspecified atom stereocenters. The maximum Gasteiger partial charge on any atom is 0.123 e. The second kappa shape index (κ2) is 9.28. The van der Waals surface area contributed by atoms with E-state index < -0.39 is 0 Å². The van der Waals surface area contributed by atoms with Crippen molar-refractivity contribution in [2.45, 2.75) is 13.2 Å². The Kier molecular flexibility index (Phi) is 6.26. The molecule has 0 aliphatic rings. The van der Waals surface area contributed by atoms with Gasteiger partial charge < -0.3 is 14.9 Å². The lowest BCUT2D eigenvalue weighted by Gasteiger charge is -2.08. The SMILES string of the molecule is COc1ccccc1CN/N=C/c1cccc(OCc2ccccc2)c1. The van der Waals surface area contributed by atoms with Crippen LogP contribution in [0.3, 0.4) is 0 Å². The monoisotopic (exact) mass is 346 g/mol. The molecule has 26 heavy (non-hydrogen) atoms. The van der Waals surface area contributed by atoms with Crippen molar-refractivity contribution in [3.8, 4) is 11.5 Å². The van der Waals surface area contributed by atoms with Crippen molar-refractivity contribution in [3.05, 3.63) is 95.6 Å². The Bertz CT molecular complexity index is 848. The van der Waals surface area contributed by atoms with Gasteiger partial charge in [-0.1, -0.05) is 60.7 Å². The fourth-order valence-corrected chi connectivity index (χ4v) is 2.53. The quantitative estimate of drug-likeness (QED) is 0.486. The second-order valence-corrected chi connectivity index (χ2v) is 5.75. The minimum absolute atomic E-state index is 0.549. The van der Waals surface area contributed by atoms with Gasteiger partial charge in [-0.15, -0.1) is 0 Å². The van der Waals surface area contributed by atoms with Crippen LogP contribution in [0, 0.1) is 0 Å². The summed E-state index contributed by atoms with van der Waals surface area (Å²) >= 11 is 0. The molecular weight excluding hydrogens is 324 g/mol. The number of para-hydroxylation sites is 1. The van der Waals surface area contributed by atoms with Gasteiger partial charge in [0.2, 0.25) is 0 Å². The predicted molar refractivity (Wildman–Crippen MR) is 105 cm³/mol. The first-order valence-electron chi connectivity index (χ1n) is 8.50. The number of nitrogens with zero attached hydrogens (tertiary/aromatic N) is 1. The van der Waals surface area contributed by atoms with E-state index in [0.29, 0.717) is 13.2 Å². The zero-order valence-electron chi connectivity index (χ0n) is 14.8. The van der Waals surface area contributed by atoms with E-state index in [9.17, 15) is 0 Å². The fraction of sp³-hybridized carbons (Fsp3) is 0.136. The van der Waals surface area contributed by atoms with E-state index in [1.54, 1.807) is 13.3 Å². The third-order valence-corrected chi connectivity index (χ3v) is 3.87. The van der Waals surface area contributed by atoms with Crippen molar-refractivity contribution in [3.63, 3.8) is 0 Å². The average Bonchev–Trinajstić information content (AvgIpc) is 2.71. The summed E-state index contributed by atoms with van der Waals surface area (Å²) in [4.78, 5) is 0. The summed E-state index contributed by atoms with van der Waals surface area (Å²) in [5.74, 6) is 1.68. The van der Waals surface area contributed by atoms with Gasteiger partial charge in [-0.3, -0.25) is 0 Å². The molecule has 0 bridgehead atoms. The minimum atomic E-state index is 0.549. The standard InChI is InChI=1S/C22H22N2O2/c1-25-22-13-6-5-11-20(22)16-24-23-15-19-10-7-12-21(14-19)26-17-18-8-3-2-4-9-18/h2-15,24H,16-17H2,1H3/b23-15+. The number of hydrazone groups is 1. The molecule has 4 nitrogen and oxygen atoms in total. The Labute approximate surface area is 154 Å². The Balaban J connectivity index is 1.54. The Morgan fingerprint density at radius 3 is 2.58 bits per heavy atom. The summed E-state index contributed by atoms with van der Waals surface area (Å²) in [6, 6.07) is 25.9. The summed E-state index contributed by atoms with van der Waals surface area (Å²) in [5, 5.41) is 4.29. The zero-order chi connectivity index (χ0) is 18.0. The first-order chi connectivity index (χ1) is 12.8. The summed E-state index contributed by atoms with van der Waals surface area (Å²) < 4.78 is 11.2. The molecule has 3 rings (SSSR count). The van der Waals surface area contributed by atoms with Crippen LogP contribution in [0.15, 0.2) is 84.0 Å². The lowest BCUT2D eigenvalue weighted by atomic mass is 10.2. The molecule has 0 radical (unpaired) electrons. The number of methoxy groups -OCH3 is 1. The number of hydrogen-bond acceptors (Lipinski definition) is 4. The third-order valence-electron chi connectivity index (χ3n) is 3.87. The minimum Gasteiger partial charge on any atom is -0.496 e. The van der Waals surface area contributed by atoms with Crippen LogP contribution < -0.4 is 14.9 Å².